The molecule has 19 heavy (non-hydrogen) atoms. The number of carbonyl (C=O) groups is 1. The van der Waals surface area contributed by atoms with Gasteiger partial charge < -0.3 is 5.11 Å². The fraction of sp³-hybridized carbons (Fsp3) is 0.533. The van der Waals surface area contributed by atoms with E-state index in [1.54, 1.807) is 0 Å². The molecule has 1 aromatic rings. The molecule has 3 nitrogen and oxygen atoms in total. The lowest BCUT2D eigenvalue weighted by Crippen LogP contribution is -2.25. The van der Waals surface area contributed by atoms with Crippen LogP contribution in [-0.2, 0) is 11.2 Å². The van der Waals surface area contributed by atoms with Crippen LogP contribution in [0.25, 0.3) is 0 Å². The molecular weight excluding hydrogens is 262 g/mol. The van der Waals surface area contributed by atoms with Gasteiger partial charge >= 0.3 is 5.97 Å². The van der Waals surface area contributed by atoms with Crippen LogP contribution in [0, 0.1) is 5.92 Å². The maximum atomic E-state index is 10.8. The second kappa shape index (κ2) is 5.14. The highest BCUT2D eigenvalue weighted by molar-refractivity contribution is 6.30. The predicted octanol–water partition coefficient (Wildman–Crippen LogP) is 3.12. The molecule has 0 bridgehead atoms. The van der Waals surface area contributed by atoms with Crippen molar-refractivity contribution in [3.8, 4) is 0 Å². The summed E-state index contributed by atoms with van der Waals surface area (Å²) < 4.78 is 0. The fourth-order valence-corrected chi connectivity index (χ4v) is 3.70. The molecule has 0 amide bonds. The van der Waals surface area contributed by atoms with Crippen LogP contribution >= 0.6 is 11.6 Å². The van der Waals surface area contributed by atoms with Crippen molar-refractivity contribution >= 4 is 17.6 Å². The Morgan fingerprint density at radius 3 is 3.05 bits per heavy atom. The van der Waals surface area contributed by atoms with Crippen molar-refractivity contribution in [2.75, 3.05) is 13.1 Å². The fourth-order valence-electron chi connectivity index (χ4n) is 3.50. The van der Waals surface area contributed by atoms with Gasteiger partial charge in [0.15, 0.2) is 0 Å². The van der Waals surface area contributed by atoms with E-state index in [2.05, 4.69) is 17.0 Å². The lowest BCUT2D eigenvalue weighted by Gasteiger charge is -2.24. The molecule has 2 atom stereocenters. The lowest BCUT2D eigenvalue weighted by atomic mass is 10.1. The number of likely N-dealkylation sites (tertiary alicyclic amines) is 1. The number of carboxylic acid groups (broad SMARTS) is 1. The number of aliphatic carboxylic acids is 1. The zero-order valence-corrected chi connectivity index (χ0v) is 11.6. The van der Waals surface area contributed by atoms with Gasteiger partial charge in [0, 0.05) is 24.0 Å². The molecule has 0 aromatic heterocycles. The van der Waals surface area contributed by atoms with Crippen LogP contribution in [0.3, 0.4) is 0 Å². The highest BCUT2D eigenvalue weighted by Crippen LogP contribution is 2.39. The van der Waals surface area contributed by atoms with E-state index in [1.807, 2.05) is 6.07 Å². The van der Waals surface area contributed by atoms with Crippen LogP contribution in [-0.4, -0.2) is 29.1 Å². The minimum Gasteiger partial charge on any atom is -0.481 e. The minimum atomic E-state index is -0.676. The molecule has 0 radical (unpaired) electrons. The van der Waals surface area contributed by atoms with Crippen LogP contribution in [0.2, 0.25) is 5.02 Å². The van der Waals surface area contributed by atoms with E-state index in [1.165, 1.54) is 11.1 Å². The van der Waals surface area contributed by atoms with Gasteiger partial charge in [0.1, 0.15) is 0 Å². The number of nitrogens with zero attached hydrogens (tertiary/aromatic N) is 1. The van der Waals surface area contributed by atoms with Gasteiger partial charge in [-0.25, -0.2) is 0 Å². The first kappa shape index (κ1) is 12.9. The monoisotopic (exact) mass is 279 g/mol. The van der Waals surface area contributed by atoms with Crippen molar-refractivity contribution in [1.82, 2.24) is 4.90 Å². The number of benzene rings is 1. The SMILES string of the molecule is O=C(O)CC1CCN(C2CCc3cc(Cl)ccc32)C1. The Kier molecular flexibility index (Phi) is 3.50. The van der Waals surface area contributed by atoms with E-state index >= 15 is 0 Å². The van der Waals surface area contributed by atoms with Gasteiger partial charge in [0.05, 0.1) is 0 Å². The quantitative estimate of drug-likeness (QED) is 0.924. The molecule has 1 aliphatic heterocycles. The number of halogens is 1. The maximum Gasteiger partial charge on any atom is 0.303 e. The Morgan fingerprint density at radius 1 is 1.42 bits per heavy atom. The smallest absolute Gasteiger partial charge is 0.303 e. The van der Waals surface area contributed by atoms with E-state index in [4.69, 9.17) is 16.7 Å². The number of rotatable bonds is 3. The van der Waals surface area contributed by atoms with Gasteiger partial charge in [-0.15, -0.1) is 0 Å². The number of hydrogen-bond acceptors (Lipinski definition) is 2. The topological polar surface area (TPSA) is 40.5 Å². The van der Waals surface area contributed by atoms with Crippen molar-refractivity contribution in [3.05, 3.63) is 34.3 Å². The average molecular weight is 280 g/mol. The molecule has 3 rings (SSSR count). The molecule has 1 heterocycles. The third-order valence-corrected chi connectivity index (χ3v) is 4.61. The molecule has 1 saturated heterocycles. The third kappa shape index (κ3) is 2.63. The Hall–Kier alpha value is -1.06. The summed E-state index contributed by atoms with van der Waals surface area (Å²) in [4.78, 5) is 13.2. The van der Waals surface area contributed by atoms with Gasteiger partial charge in [0.25, 0.3) is 0 Å². The van der Waals surface area contributed by atoms with Gasteiger partial charge in [-0.2, -0.15) is 0 Å². The summed E-state index contributed by atoms with van der Waals surface area (Å²) in [6.45, 7) is 1.93. The van der Waals surface area contributed by atoms with Crippen molar-refractivity contribution < 1.29 is 9.90 Å². The van der Waals surface area contributed by atoms with Gasteiger partial charge in [0.2, 0.25) is 0 Å². The standard InChI is InChI=1S/C15H18ClNO2/c16-12-2-3-13-11(8-12)1-4-14(13)17-6-5-10(9-17)7-15(18)19/h2-3,8,10,14H,1,4-7,9H2,(H,18,19). The van der Waals surface area contributed by atoms with Crippen LogP contribution < -0.4 is 0 Å². The summed E-state index contributed by atoms with van der Waals surface area (Å²) in [5.74, 6) is -0.362. The van der Waals surface area contributed by atoms with E-state index < -0.39 is 5.97 Å². The highest BCUT2D eigenvalue weighted by atomic mass is 35.5. The third-order valence-electron chi connectivity index (χ3n) is 4.37. The summed E-state index contributed by atoms with van der Waals surface area (Å²) >= 11 is 6.03. The zero-order valence-electron chi connectivity index (χ0n) is 10.8. The number of carboxylic acids is 1. The van der Waals surface area contributed by atoms with Crippen LogP contribution in [0.4, 0.5) is 0 Å². The van der Waals surface area contributed by atoms with E-state index in [9.17, 15) is 4.79 Å². The van der Waals surface area contributed by atoms with E-state index in [0.29, 0.717) is 18.4 Å². The Bertz CT molecular complexity index is 503. The second-order valence-corrected chi connectivity index (χ2v) is 6.08. The summed E-state index contributed by atoms with van der Waals surface area (Å²) in [7, 11) is 0. The van der Waals surface area contributed by atoms with E-state index in [0.717, 1.165) is 37.4 Å². The number of aryl methyl sites for hydroxylation is 1. The van der Waals surface area contributed by atoms with Crippen LogP contribution in [0.5, 0.6) is 0 Å². The summed E-state index contributed by atoms with van der Waals surface area (Å²) in [6.07, 6.45) is 3.53. The minimum absolute atomic E-state index is 0.302. The molecule has 4 heteroatoms. The largest absolute Gasteiger partial charge is 0.481 e. The summed E-state index contributed by atoms with van der Waals surface area (Å²) in [5.41, 5.74) is 2.75. The van der Waals surface area contributed by atoms with Crippen LogP contribution in [0.15, 0.2) is 18.2 Å². The first-order valence-electron chi connectivity index (χ1n) is 6.87. The summed E-state index contributed by atoms with van der Waals surface area (Å²) in [5, 5.41) is 9.69. The molecule has 1 aliphatic carbocycles. The van der Waals surface area contributed by atoms with E-state index in [-0.39, 0.29) is 0 Å². The highest BCUT2D eigenvalue weighted by Gasteiger charge is 2.33. The average Bonchev–Trinajstić information content (AvgIpc) is 2.93. The molecule has 2 unspecified atom stereocenters. The molecule has 1 N–H and O–H groups in total. The first-order chi connectivity index (χ1) is 9.13. The van der Waals surface area contributed by atoms with Gasteiger partial charge in [-0.3, -0.25) is 9.69 Å². The molecule has 1 fully saturated rings. The maximum absolute atomic E-state index is 10.8. The molecule has 1 aromatic carbocycles. The van der Waals surface area contributed by atoms with Crippen molar-refractivity contribution in [2.24, 2.45) is 5.92 Å². The van der Waals surface area contributed by atoms with Gasteiger partial charge in [-0.05, 0) is 55.0 Å². The molecule has 0 spiro atoms. The van der Waals surface area contributed by atoms with Crippen LogP contribution in [0.1, 0.15) is 36.4 Å². The predicted molar refractivity (Wildman–Crippen MR) is 74.4 cm³/mol. The Labute approximate surface area is 118 Å². The first-order valence-corrected chi connectivity index (χ1v) is 7.25. The summed E-state index contributed by atoms with van der Waals surface area (Å²) in [6, 6.07) is 6.64. The van der Waals surface area contributed by atoms with Crippen molar-refractivity contribution in [1.29, 1.82) is 0 Å². The number of fused-ring (bicyclic) bond motifs is 1. The second-order valence-electron chi connectivity index (χ2n) is 5.65. The van der Waals surface area contributed by atoms with Crippen molar-refractivity contribution in [2.45, 2.75) is 31.7 Å². The molecule has 2 aliphatic rings. The molecule has 102 valence electrons. The molecule has 0 saturated carbocycles. The van der Waals surface area contributed by atoms with Crippen molar-refractivity contribution in [3.63, 3.8) is 0 Å². The molecular formula is C15H18ClNO2. The Balaban J connectivity index is 1.71. The zero-order chi connectivity index (χ0) is 13.4. The normalized spacial score (nSPS) is 26.6. The Morgan fingerprint density at radius 2 is 2.26 bits per heavy atom. The lowest BCUT2D eigenvalue weighted by molar-refractivity contribution is -0.138. The number of hydrogen-bond donors (Lipinski definition) is 1. The van der Waals surface area contributed by atoms with Gasteiger partial charge in [-0.1, -0.05) is 17.7 Å².